The van der Waals surface area contributed by atoms with Gasteiger partial charge in [0.2, 0.25) is 0 Å². The molecule has 0 aliphatic carbocycles. The molecule has 0 aliphatic rings. The van der Waals surface area contributed by atoms with Crippen molar-refractivity contribution in [2.45, 2.75) is 6.10 Å². The van der Waals surface area contributed by atoms with Crippen LogP contribution in [0.4, 0.5) is 5.69 Å². The number of nitrogens with two attached hydrogens (primary N) is 1. The average Bonchev–Trinajstić information content (AvgIpc) is 2.58. The summed E-state index contributed by atoms with van der Waals surface area (Å²) in [5.74, 6) is 0. The minimum absolute atomic E-state index is 0.524. The third-order valence-electron chi connectivity index (χ3n) is 2.40. The maximum Gasteiger partial charge on any atom is 0.154 e. The molecular weight excluding hydrogens is 352 g/mol. The third kappa shape index (κ3) is 2.36. The molecule has 90 valence electrons. The third-order valence-corrected chi connectivity index (χ3v) is 3.66. The first-order valence-corrected chi connectivity index (χ1v) is 6.37. The number of aromatic nitrogens is 3. The van der Waals surface area contributed by atoms with Gasteiger partial charge in [0.1, 0.15) is 11.8 Å². The highest BCUT2D eigenvalue weighted by Gasteiger charge is 2.21. The van der Waals surface area contributed by atoms with Crippen molar-refractivity contribution < 1.29 is 5.11 Å². The highest BCUT2D eigenvalue weighted by atomic mass is 79.9. The van der Waals surface area contributed by atoms with Gasteiger partial charge < -0.3 is 10.8 Å². The van der Waals surface area contributed by atoms with Crippen molar-refractivity contribution in [2.75, 3.05) is 5.73 Å². The van der Waals surface area contributed by atoms with E-state index in [4.69, 9.17) is 5.73 Å². The molecule has 0 aliphatic heterocycles. The van der Waals surface area contributed by atoms with Gasteiger partial charge in [-0.1, -0.05) is 27.2 Å². The van der Waals surface area contributed by atoms with Crippen LogP contribution < -0.4 is 5.73 Å². The zero-order valence-corrected chi connectivity index (χ0v) is 12.1. The Morgan fingerprint density at radius 3 is 2.65 bits per heavy atom. The summed E-state index contributed by atoms with van der Waals surface area (Å²) < 4.78 is 2.80. The van der Waals surface area contributed by atoms with Crippen LogP contribution in [0.3, 0.4) is 0 Å². The molecular formula is C10H10Br2N4O. The molecule has 1 heterocycles. The molecule has 0 fully saturated rings. The first kappa shape index (κ1) is 12.5. The van der Waals surface area contributed by atoms with Crippen LogP contribution in [0.25, 0.3) is 0 Å². The zero-order chi connectivity index (χ0) is 12.6. The number of benzene rings is 1. The largest absolute Gasteiger partial charge is 0.399 e. The van der Waals surface area contributed by atoms with Crippen LogP contribution in [0.2, 0.25) is 0 Å². The lowest BCUT2D eigenvalue weighted by Crippen LogP contribution is -2.08. The Labute approximate surface area is 115 Å². The number of anilines is 1. The summed E-state index contributed by atoms with van der Waals surface area (Å²) in [6, 6.07) is 5.25. The molecule has 0 spiro atoms. The van der Waals surface area contributed by atoms with Gasteiger partial charge in [-0.25, -0.2) is 4.68 Å². The number of hydrogen-bond acceptors (Lipinski definition) is 4. The molecule has 3 N–H and O–H groups in total. The van der Waals surface area contributed by atoms with Crippen LogP contribution in [0.1, 0.15) is 17.4 Å². The number of nitrogen functional groups attached to an aromatic ring is 1. The number of halogens is 2. The van der Waals surface area contributed by atoms with E-state index in [1.165, 1.54) is 4.68 Å². The van der Waals surface area contributed by atoms with E-state index in [2.05, 4.69) is 42.2 Å². The van der Waals surface area contributed by atoms with E-state index in [1.807, 2.05) is 0 Å². The first-order valence-electron chi connectivity index (χ1n) is 4.78. The SMILES string of the molecule is Cn1nnc(Br)c1C(O)c1ccc(N)cc1Br. The lowest BCUT2D eigenvalue weighted by Gasteiger charge is -2.13. The zero-order valence-electron chi connectivity index (χ0n) is 8.93. The Morgan fingerprint density at radius 1 is 1.41 bits per heavy atom. The van der Waals surface area contributed by atoms with Gasteiger partial charge in [-0.05, 0) is 28.1 Å². The van der Waals surface area contributed by atoms with E-state index in [1.54, 1.807) is 25.2 Å². The highest BCUT2D eigenvalue weighted by molar-refractivity contribution is 9.10. The Morgan fingerprint density at radius 2 is 2.12 bits per heavy atom. The van der Waals surface area contributed by atoms with E-state index in [-0.39, 0.29) is 0 Å². The highest BCUT2D eigenvalue weighted by Crippen LogP contribution is 2.32. The molecule has 7 heteroatoms. The summed E-state index contributed by atoms with van der Waals surface area (Å²) in [6.07, 6.45) is -0.820. The maximum absolute atomic E-state index is 10.3. The molecule has 1 aromatic heterocycles. The summed E-state index contributed by atoms with van der Waals surface area (Å²) in [5.41, 5.74) is 7.60. The second-order valence-corrected chi connectivity index (χ2v) is 5.18. The minimum atomic E-state index is -0.820. The van der Waals surface area contributed by atoms with Crippen molar-refractivity contribution in [2.24, 2.45) is 7.05 Å². The number of aliphatic hydroxyl groups excluding tert-OH is 1. The average molecular weight is 362 g/mol. The van der Waals surface area contributed by atoms with Crippen molar-refractivity contribution in [3.8, 4) is 0 Å². The van der Waals surface area contributed by atoms with Gasteiger partial charge in [0.05, 0.1) is 0 Å². The Bertz CT molecular complexity index is 536. The topological polar surface area (TPSA) is 77.0 Å². The fourth-order valence-electron chi connectivity index (χ4n) is 1.54. The van der Waals surface area contributed by atoms with Gasteiger partial charge in [0, 0.05) is 22.8 Å². The van der Waals surface area contributed by atoms with Gasteiger partial charge in [-0.15, -0.1) is 5.10 Å². The van der Waals surface area contributed by atoms with Gasteiger partial charge in [0.25, 0.3) is 0 Å². The van der Waals surface area contributed by atoms with Crippen LogP contribution in [-0.4, -0.2) is 20.1 Å². The van der Waals surface area contributed by atoms with E-state index in [0.29, 0.717) is 21.5 Å². The Balaban J connectivity index is 2.47. The molecule has 0 radical (unpaired) electrons. The standard InChI is InChI=1S/C10H10Br2N4O/c1-16-8(10(12)14-15-16)9(17)6-3-2-5(13)4-7(6)11/h2-4,9,17H,13H2,1H3. The lowest BCUT2D eigenvalue weighted by molar-refractivity contribution is 0.208. The van der Waals surface area contributed by atoms with E-state index in [0.717, 1.165) is 4.47 Å². The lowest BCUT2D eigenvalue weighted by atomic mass is 10.1. The minimum Gasteiger partial charge on any atom is -0.399 e. The number of aryl methyl sites for hydroxylation is 1. The molecule has 5 nitrogen and oxygen atoms in total. The van der Waals surface area contributed by atoms with Crippen molar-refractivity contribution in [3.63, 3.8) is 0 Å². The summed E-state index contributed by atoms with van der Waals surface area (Å²) in [5, 5.41) is 18.0. The number of aliphatic hydroxyl groups is 1. The second-order valence-electron chi connectivity index (χ2n) is 3.57. The van der Waals surface area contributed by atoms with Crippen molar-refractivity contribution in [1.82, 2.24) is 15.0 Å². The van der Waals surface area contributed by atoms with Crippen LogP contribution in [0.15, 0.2) is 27.3 Å². The van der Waals surface area contributed by atoms with Crippen LogP contribution in [-0.2, 0) is 7.05 Å². The van der Waals surface area contributed by atoms with Crippen LogP contribution in [0.5, 0.6) is 0 Å². The predicted octanol–water partition coefficient (Wildman–Crippen LogP) is 2.00. The van der Waals surface area contributed by atoms with Gasteiger partial charge in [0.15, 0.2) is 4.60 Å². The molecule has 1 aromatic carbocycles. The van der Waals surface area contributed by atoms with Gasteiger partial charge in [-0.2, -0.15) is 0 Å². The molecule has 0 amide bonds. The molecule has 0 bridgehead atoms. The summed E-state index contributed by atoms with van der Waals surface area (Å²) in [4.78, 5) is 0. The van der Waals surface area contributed by atoms with Gasteiger partial charge >= 0.3 is 0 Å². The number of hydrogen-bond donors (Lipinski definition) is 2. The molecule has 2 rings (SSSR count). The quantitative estimate of drug-likeness (QED) is 0.802. The number of rotatable bonds is 2. The molecule has 1 unspecified atom stereocenters. The molecule has 17 heavy (non-hydrogen) atoms. The molecule has 0 saturated carbocycles. The summed E-state index contributed by atoms with van der Waals surface area (Å²) >= 11 is 6.64. The monoisotopic (exact) mass is 360 g/mol. The number of nitrogens with zero attached hydrogens (tertiary/aromatic N) is 3. The second kappa shape index (κ2) is 4.75. The summed E-state index contributed by atoms with van der Waals surface area (Å²) in [7, 11) is 1.72. The molecule has 0 saturated heterocycles. The van der Waals surface area contributed by atoms with Crippen LogP contribution >= 0.6 is 31.9 Å². The predicted molar refractivity (Wildman–Crippen MR) is 71.3 cm³/mol. The Hall–Kier alpha value is -0.920. The van der Waals surface area contributed by atoms with Crippen molar-refractivity contribution in [3.05, 3.63) is 38.5 Å². The fourth-order valence-corrected chi connectivity index (χ4v) is 2.70. The first-order chi connectivity index (χ1) is 8.00. The van der Waals surface area contributed by atoms with Gasteiger partial charge in [-0.3, -0.25) is 0 Å². The Kier molecular flexibility index (Phi) is 3.50. The van der Waals surface area contributed by atoms with Crippen molar-refractivity contribution in [1.29, 1.82) is 0 Å². The summed E-state index contributed by atoms with van der Waals surface area (Å²) in [6.45, 7) is 0. The van der Waals surface area contributed by atoms with E-state index in [9.17, 15) is 5.11 Å². The maximum atomic E-state index is 10.3. The van der Waals surface area contributed by atoms with Crippen LogP contribution in [0, 0.1) is 0 Å². The smallest absolute Gasteiger partial charge is 0.154 e. The van der Waals surface area contributed by atoms with E-state index < -0.39 is 6.10 Å². The fraction of sp³-hybridized carbons (Fsp3) is 0.200. The van der Waals surface area contributed by atoms with Crippen molar-refractivity contribution >= 4 is 37.5 Å². The molecule has 2 aromatic rings. The molecule has 1 atom stereocenters. The van der Waals surface area contributed by atoms with E-state index >= 15 is 0 Å². The normalized spacial score (nSPS) is 12.7.